The first-order valence-corrected chi connectivity index (χ1v) is 7.74. The van der Waals surface area contributed by atoms with E-state index in [2.05, 4.69) is 35.6 Å². The number of amides is 1. The Kier molecular flexibility index (Phi) is 3.07. The summed E-state index contributed by atoms with van der Waals surface area (Å²) < 4.78 is 0. The van der Waals surface area contributed by atoms with Crippen LogP contribution in [0.25, 0.3) is 11.1 Å². The van der Waals surface area contributed by atoms with Crippen LogP contribution in [0.2, 0.25) is 0 Å². The highest BCUT2D eigenvalue weighted by atomic mass is 16.1. The van der Waals surface area contributed by atoms with E-state index < -0.39 is 0 Å². The molecule has 1 aliphatic heterocycles. The normalized spacial score (nSPS) is 20.1. The molecule has 1 atom stereocenters. The second kappa shape index (κ2) is 5.09. The molecule has 1 fully saturated rings. The smallest absolute Gasteiger partial charge is 0.220 e. The van der Waals surface area contributed by atoms with Crippen LogP contribution in [0.1, 0.15) is 40.2 Å². The molecule has 0 spiro atoms. The zero-order valence-corrected chi connectivity index (χ0v) is 12.3. The van der Waals surface area contributed by atoms with Crippen LogP contribution in [0.3, 0.4) is 0 Å². The van der Waals surface area contributed by atoms with Gasteiger partial charge >= 0.3 is 0 Å². The number of nitrogens with one attached hydrogen (secondary N) is 1. The average molecular weight is 291 g/mol. The van der Waals surface area contributed by atoms with Crippen molar-refractivity contribution in [2.24, 2.45) is 0 Å². The lowest BCUT2D eigenvalue weighted by Crippen LogP contribution is -2.13. The molecule has 1 N–H and O–H groups in total. The van der Waals surface area contributed by atoms with Gasteiger partial charge in [-0.2, -0.15) is 0 Å². The molecule has 110 valence electrons. The quantitative estimate of drug-likeness (QED) is 0.924. The molecule has 0 radical (unpaired) electrons. The zero-order chi connectivity index (χ0) is 15.1. The van der Waals surface area contributed by atoms with Crippen LogP contribution in [0.4, 0.5) is 0 Å². The SMILES string of the molecule is O=C1CC(c2ccc(-c3ccc4c(c3)CCC4=O)cc2)CN1. The molecule has 3 heteroatoms. The van der Waals surface area contributed by atoms with Gasteiger partial charge in [-0.3, -0.25) is 9.59 Å². The van der Waals surface area contributed by atoms with E-state index in [0.29, 0.717) is 18.8 Å². The van der Waals surface area contributed by atoms with E-state index in [1.54, 1.807) is 0 Å². The van der Waals surface area contributed by atoms with Gasteiger partial charge in [0, 0.05) is 30.9 Å². The van der Waals surface area contributed by atoms with Gasteiger partial charge in [0.1, 0.15) is 0 Å². The third kappa shape index (κ3) is 2.23. The molecule has 2 aliphatic rings. The third-order valence-corrected chi connectivity index (χ3v) is 4.72. The van der Waals surface area contributed by atoms with Crippen molar-refractivity contribution in [3.8, 4) is 11.1 Å². The molecule has 2 aromatic rings. The van der Waals surface area contributed by atoms with Crippen LogP contribution in [0.5, 0.6) is 0 Å². The summed E-state index contributed by atoms with van der Waals surface area (Å²) in [5.74, 6) is 0.687. The van der Waals surface area contributed by atoms with Gasteiger partial charge in [-0.15, -0.1) is 0 Å². The fourth-order valence-corrected chi connectivity index (χ4v) is 3.42. The molecule has 3 nitrogen and oxygen atoms in total. The molecule has 1 aliphatic carbocycles. The number of aryl methyl sites for hydroxylation is 1. The first-order chi connectivity index (χ1) is 10.7. The van der Waals surface area contributed by atoms with Crippen LogP contribution in [0, 0.1) is 0 Å². The number of carbonyl (C=O) groups is 2. The first-order valence-electron chi connectivity index (χ1n) is 7.74. The Hall–Kier alpha value is -2.42. The zero-order valence-electron chi connectivity index (χ0n) is 12.3. The first kappa shape index (κ1) is 13.3. The van der Waals surface area contributed by atoms with Gasteiger partial charge in [-0.25, -0.2) is 0 Å². The topological polar surface area (TPSA) is 46.2 Å². The van der Waals surface area contributed by atoms with Crippen molar-refractivity contribution in [1.29, 1.82) is 0 Å². The van der Waals surface area contributed by atoms with Crippen LogP contribution in [0.15, 0.2) is 42.5 Å². The maximum Gasteiger partial charge on any atom is 0.220 e. The summed E-state index contributed by atoms with van der Waals surface area (Å²) in [5.41, 5.74) is 5.57. The van der Waals surface area contributed by atoms with Crippen molar-refractivity contribution < 1.29 is 9.59 Å². The Morgan fingerprint density at radius 1 is 0.909 bits per heavy atom. The number of rotatable bonds is 2. The minimum atomic E-state index is 0.136. The van der Waals surface area contributed by atoms with Gasteiger partial charge in [-0.1, -0.05) is 42.5 Å². The molecule has 1 saturated heterocycles. The summed E-state index contributed by atoms with van der Waals surface area (Å²) in [6.07, 6.45) is 2.08. The molecule has 2 aromatic carbocycles. The maximum atomic E-state index is 11.7. The number of Topliss-reactive ketones (excluding diaryl/α,β-unsaturated/α-hetero) is 1. The Bertz CT molecular complexity index is 762. The second-order valence-corrected chi connectivity index (χ2v) is 6.12. The Morgan fingerprint density at radius 2 is 1.68 bits per heavy atom. The van der Waals surface area contributed by atoms with Crippen molar-refractivity contribution in [3.05, 3.63) is 59.2 Å². The fourth-order valence-electron chi connectivity index (χ4n) is 3.42. The summed E-state index contributed by atoms with van der Waals surface area (Å²) in [4.78, 5) is 23.0. The predicted molar refractivity (Wildman–Crippen MR) is 84.9 cm³/mol. The van der Waals surface area contributed by atoms with E-state index in [1.807, 2.05) is 12.1 Å². The lowest BCUT2D eigenvalue weighted by atomic mass is 9.94. The third-order valence-electron chi connectivity index (χ3n) is 4.72. The highest BCUT2D eigenvalue weighted by Crippen LogP contribution is 2.30. The van der Waals surface area contributed by atoms with Crippen molar-refractivity contribution in [3.63, 3.8) is 0 Å². The van der Waals surface area contributed by atoms with Gasteiger partial charge in [0.25, 0.3) is 0 Å². The van der Waals surface area contributed by atoms with Gasteiger partial charge in [0.15, 0.2) is 5.78 Å². The van der Waals surface area contributed by atoms with E-state index in [0.717, 1.165) is 35.2 Å². The highest BCUT2D eigenvalue weighted by Gasteiger charge is 2.23. The van der Waals surface area contributed by atoms with Gasteiger partial charge in [0.2, 0.25) is 5.91 Å². The van der Waals surface area contributed by atoms with E-state index in [4.69, 9.17) is 0 Å². The number of benzene rings is 2. The molecule has 4 rings (SSSR count). The van der Waals surface area contributed by atoms with Crippen molar-refractivity contribution in [1.82, 2.24) is 5.32 Å². The molecule has 1 unspecified atom stereocenters. The summed E-state index contributed by atoms with van der Waals surface area (Å²) in [7, 11) is 0. The van der Waals surface area contributed by atoms with Gasteiger partial charge in [-0.05, 0) is 28.7 Å². The number of fused-ring (bicyclic) bond motifs is 1. The monoisotopic (exact) mass is 291 g/mol. The lowest BCUT2D eigenvalue weighted by molar-refractivity contribution is -0.119. The number of hydrogen-bond acceptors (Lipinski definition) is 2. The summed E-state index contributed by atoms with van der Waals surface area (Å²) >= 11 is 0. The maximum absolute atomic E-state index is 11.7. The van der Waals surface area contributed by atoms with E-state index in [-0.39, 0.29) is 11.7 Å². The Labute approximate surface area is 129 Å². The van der Waals surface area contributed by atoms with Gasteiger partial charge < -0.3 is 5.32 Å². The molecule has 0 bridgehead atoms. The Morgan fingerprint density at radius 3 is 2.41 bits per heavy atom. The highest BCUT2D eigenvalue weighted by molar-refractivity contribution is 6.00. The number of ketones is 1. The minimum Gasteiger partial charge on any atom is -0.355 e. The summed E-state index contributed by atoms with van der Waals surface area (Å²) in [5, 5.41) is 2.88. The minimum absolute atomic E-state index is 0.136. The van der Waals surface area contributed by atoms with Crippen LogP contribution < -0.4 is 5.32 Å². The molecular weight excluding hydrogens is 274 g/mol. The van der Waals surface area contributed by atoms with Crippen LogP contribution in [-0.4, -0.2) is 18.2 Å². The summed E-state index contributed by atoms with van der Waals surface area (Å²) in [6.45, 7) is 0.735. The number of hydrogen-bond donors (Lipinski definition) is 1. The second-order valence-electron chi connectivity index (χ2n) is 6.12. The number of carbonyl (C=O) groups excluding carboxylic acids is 2. The average Bonchev–Trinajstić information content (AvgIpc) is 3.14. The Balaban J connectivity index is 1.61. The lowest BCUT2D eigenvalue weighted by Gasteiger charge is -2.10. The van der Waals surface area contributed by atoms with Gasteiger partial charge in [0.05, 0.1) is 0 Å². The van der Waals surface area contributed by atoms with Crippen LogP contribution in [-0.2, 0) is 11.2 Å². The predicted octanol–water partition coefficient (Wildman–Crippen LogP) is 3.09. The fraction of sp³-hybridized carbons (Fsp3) is 0.263. The molecule has 22 heavy (non-hydrogen) atoms. The molecule has 0 saturated carbocycles. The summed E-state index contributed by atoms with van der Waals surface area (Å²) in [6, 6.07) is 14.5. The standard InChI is InChI=1S/C19H17NO2/c21-18-8-6-15-9-14(5-7-17(15)18)12-1-3-13(4-2-12)16-10-19(22)20-11-16/h1-5,7,9,16H,6,8,10-11H2,(H,20,22). The van der Waals surface area contributed by atoms with E-state index in [1.165, 1.54) is 5.56 Å². The largest absolute Gasteiger partial charge is 0.355 e. The molecular formula is C19H17NO2. The molecule has 1 heterocycles. The van der Waals surface area contributed by atoms with E-state index >= 15 is 0 Å². The van der Waals surface area contributed by atoms with Crippen molar-refractivity contribution >= 4 is 11.7 Å². The molecule has 0 aromatic heterocycles. The van der Waals surface area contributed by atoms with Crippen molar-refractivity contribution in [2.45, 2.75) is 25.2 Å². The van der Waals surface area contributed by atoms with E-state index in [9.17, 15) is 9.59 Å². The van der Waals surface area contributed by atoms with Crippen molar-refractivity contribution in [2.75, 3.05) is 6.54 Å². The van der Waals surface area contributed by atoms with Crippen LogP contribution >= 0.6 is 0 Å². The molecule has 1 amide bonds.